The van der Waals surface area contributed by atoms with E-state index in [9.17, 15) is 14.4 Å². The molecule has 3 saturated carbocycles. The van der Waals surface area contributed by atoms with Gasteiger partial charge < -0.3 is 9.47 Å². The van der Waals surface area contributed by atoms with Gasteiger partial charge in [-0.05, 0) is 67.6 Å². The van der Waals surface area contributed by atoms with Crippen LogP contribution in [0, 0.1) is 28.6 Å². The number of hydrogen-bond donors (Lipinski definition) is 0. The first-order valence-electron chi connectivity index (χ1n) is 11.1. The molecule has 30 heavy (non-hydrogen) atoms. The van der Waals surface area contributed by atoms with Crippen molar-refractivity contribution in [3.05, 3.63) is 23.8 Å². The van der Waals surface area contributed by atoms with Crippen molar-refractivity contribution in [1.29, 1.82) is 0 Å². The van der Waals surface area contributed by atoms with Gasteiger partial charge in [0.2, 0.25) is 0 Å². The Morgan fingerprint density at radius 1 is 1.27 bits per heavy atom. The fourth-order valence-corrected chi connectivity index (χ4v) is 7.52. The van der Waals surface area contributed by atoms with Crippen LogP contribution in [-0.4, -0.2) is 42.0 Å². The molecule has 0 aromatic rings. The van der Waals surface area contributed by atoms with E-state index >= 15 is 4.39 Å². The van der Waals surface area contributed by atoms with E-state index in [0.29, 0.717) is 12.0 Å². The normalized spacial score (nSPS) is 48.1. The summed E-state index contributed by atoms with van der Waals surface area (Å²) in [6, 6.07) is 0. The van der Waals surface area contributed by atoms with Crippen molar-refractivity contribution >= 4 is 17.5 Å². The third-order valence-electron chi connectivity index (χ3n) is 8.97. The van der Waals surface area contributed by atoms with Gasteiger partial charge in [-0.1, -0.05) is 19.9 Å². The molecule has 5 nitrogen and oxygen atoms in total. The van der Waals surface area contributed by atoms with Gasteiger partial charge in [0.05, 0.1) is 6.10 Å². The summed E-state index contributed by atoms with van der Waals surface area (Å²) in [7, 11) is 0. The van der Waals surface area contributed by atoms with Crippen LogP contribution in [0.15, 0.2) is 23.8 Å². The van der Waals surface area contributed by atoms with E-state index in [2.05, 4.69) is 6.92 Å². The Morgan fingerprint density at radius 2 is 2.03 bits per heavy atom. The number of Topliss-reactive ketones (excluding diaryl/α,β-unsaturated/α-hetero) is 1. The summed E-state index contributed by atoms with van der Waals surface area (Å²) in [6.07, 6.45) is 6.57. The lowest BCUT2D eigenvalue weighted by Crippen LogP contribution is -2.59. The molecular weight excluding hydrogens is 387 g/mol. The molecule has 5 aliphatic rings. The van der Waals surface area contributed by atoms with Crippen LogP contribution in [0.25, 0.3) is 0 Å². The molecule has 4 fully saturated rings. The summed E-state index contributed by atoms with van der Waals surface area (Å²) in [4.78, 5) is 36.4. The molecule has 0 aromatic carbocycles. The highest BCUT2D eigenvalue weighted by molar-refractivity contribution is 6.01. The standard InChI is InChI=1S/C24H29FO5/c1-4-21(28)29-12-19(27)15-6-5-14-16-10-18(25)17-9-13(26)7-8-23(17,3)24(16)20(30-24)11-22(14,15)2/h7-9,14-16,18,20H,4-6,10-12H2,1-3H3/t14-,15+,16-,18-,20-,22-,23-,24+/m0/s1. The second-order valence-electron chi connectivity index (χ2n) is 10.2. The van der Waals surface area contributed by atoms with Gasteiger partial charge in [-0.15, -0.1) is 0 Å². The van der Waals surface area contributed by atoms with Crippen LogP contribution in [-0.2, 0) is 23.9 Å². The Labute approximate surface area is 176 Å². The monoisotopic (exact) mass is 416 g/mol. The highest BCUT2D eigenvalue weighted by atomic mass is 19.1. The largest absolute Gasteiger partial charge is 0.458 e. The minimum Gasteiger partial charge on any atom is -0.458 e. The van der Waals surface area contributed by atoms with Crippen molar-refractivity contribution in [2.24, 2.45) is 28.6 Å². The average Bonchev–Trinajstić information content (AvgIpc) is 3.33. The second-order valence-corrected chi connectivity index (χ2v) is 10.2. The molecule has 0 aromatic heterocycles. The molecule has 0 bridgehead atoms. The zero-order valence-corrected chi connectivity index (χ0v) is 17.8. The van der Waals surface area contributed by atoms with E-state index in [4.69, 9.17) is 9.47 Å². The maximum absolute atomic E-state index is 15.3. The molecule has 1 heterocycles. The van der Waals surface area contributed by atoms with Crippen molar-refractivity contribution < 1.29 is 28.2 Å². The third kappa shape index (κ3) is 2.40. The molecule has 1 aliphatic heterocycles. The summed E-state index contributed by atoms with van der Waals surface area (Å²) < 4.78 is 26.9. The number of allylic oxidation sites excluding steroid dienone is 2. The Balaban J connectivity index is 1.44. The van der Waals surface area contributed by atoms with Gasteiger partial charge in [0.25, 0.3) is 0 Å². The van der Waals surface area contributed by atoms with Crippen molar-refractivity contribution in [3.63, 3.8) is 0 Å². The number of hydrogen-bond acceptors (Lipinski definition) is 5. The number of carbonyl (C=O) groups excluding carboxylic acids is 3. The van der Waals surface area contributed by atoms with Crippen molar-refractivity contribution in [3.8, 4) is 0 Å². The first-order chi connectivity index (χ1) is 14.2. The van der Waals surface area contributed by atoms with Crippen molar-refractivity contribution in [2.75, 3.05) is 6.61 Å². The second kappa shape index (κ2) is 6.35. The molecule has 5 rings (SSSR count). The molecule has 0 N–H and O–H groups in total. The third-order valence-corrected chi connectivity index (χ3v) is 8.97. The summed E-state index contributed by atoms with van der Waals surface area (Å²) in [5.41, 5.74) is -0.825. The maximum atomic E-state index is 15.3. The molecule has 0 unspecified atom stereocenters. The molecule has 6 heteroatoms. The van der Waals surface area contributed by atoms with Crippen LogP contribution in [0.3, 0.4) is 0 Å². The molecule has 8 atom stereocenters. The number of epoxide rings is 1. The van der Waals surface area contributed by atoms with E-state index in [1.165, 1.54) is 6.08 Å². The number of fused-ring (bicyclic) bond motifs is 3. The van der Waals surface area contributed by atoms with Gasteiger partial charge in [0.1, 0.15) is 18.4 Å². The van der Waals surface area contributed by atoms with Gasteiger partial charge in [0.15, 0.2) is 11.6 Å². The molecule has 1 spiro atoms. The SMILES string of the molecule is CCC(=O)OCC(=O)[C@H]1CC[C@H]2[C@@H]3C[C@H](F)C4=CC(=O)C=C[C@]4(C)[C@@]34O[C@H]4C[C@]12C. The van der Waals surface area contributed by atoms with E-state index in [0.717, 1.165) is 19.3 Å². The highest BCUT2D eigenvalue weighted by Crippen LogP contribution is 2.75. The fourth-order valence-electron chi connectivity index (χ4n) is 7.52. The predicted molar refractivity (Wildman–Crippen MR) is 106 cm³/mol. The van der Waals surface area contributed by atoms with Crippen LogP contribution >= 0.6 is 0 Å². The summed E-state index contributed by atoms with van der Waals surface area (Å²) in [5.74, 6) is -0.569. The zero-order chi connectivity index (χ0) is 21.5. The Kier molecular flexibility index (Phi) is 4.25. The summed E-state index contributed by atoms with van der Waals surface area (Å²) >= 11 is 0. The van der Waals surface area contributed by atoms with Crippen LogP contribution in [0.1, 0.15) is 52.9 Å². The van der Waals surface area contributed by atoms with Crippen molar-refractivity contribution in [2.45, 2.75) is 70.8 Å². The van der Waals surface area contributed by atoms with Crippen molar-refractivity contribution in [1.82, 2.24) is 0 Å². The Morgan fingerprint density at radius 3 is 2.77 bits per heavy atom. The minimum absolute atomic E-state index is 0.00671. The number of esters is 1. The van der Waals surface area contributed by atoms with Gasteiger partial charge in [-0.2, -0.15) is 0 Å². The molecule has 1 saturated heterocycles. The number of ether oxygens (including phenoxy) is 2. The maximum Gasteiger partial charge on any atom is 0.305 e. The van der Waals surface area contributed by atoms with E-state index in [1.807, 2.05) is 13.0 Å². The topological polar surface area (TPSA) is 73.0 Å². The lowest BCUT2D eigenvalue weighted by Gasteiger charge is -2.55. The van der Waals surface area contributed by atoms with Crippen LogP contribution in [0.2, 0.25) is 0 Å². The molecular formula is C24H29FO5. The summed E-state index contributed by atoms with van der Waals surface area (Å²) in [5, 5.41) is 0. The van der Waals surface area contributed by atoms with E-state index in [1.54, 1.807) is 13.0 Å². The fraction of sp³-hybridized carbons (Fsp3) is 0.708. The zero-order valence-electron chi connectivity index (χ0n) is 17.8. The molecule has 0 radical (unpaired) electrons. The molecule has 4 aliphatic carbocycles. The van der Waals surface area contributed by atoms with Crippen LogP contribution in [0.4, 0.5) is 4.39 Å². The van der Waals surface area contributed by atoms with E-state index < -0.39 is 17.2 Å². The molecule has 0 amide bonds. The number of halogens is 1. The first kappa shape index (κ1) is 20.1. The predicted octanol–water partition coefficient (Wildman–Crippen LogP) is 3.51. The number of carbonyl (C=O) groups is 3. The van der Waals surface area contributed by atoms with Gasteiger partial charge >= 0.3 is 5.97 Å². The smallest absolute Gasteiger partial charge is 0.305 e. The lowest BCUT2D eigenvalue weighted by molar-refractivity contribution is -0.150. The quantitative estimate of drug-likeness (QED) is 0.518. The van der Waals surface area contributed by atoms with Gasteiger partial charge in [-0.25, -0.2) is 4.39 Å². The van der Waals surface area contributed by atoms with Gasteiger partial charge in [-0.3, -0.25) is 14.4 Å². The molecule has 162 valence electrons. The average molecular weight is 416 g/mol. The van der Waals surface area contributed by atoms with Gasteiger partial charge in [0, 0.05) is 17.8 Å². The summed E-state index contributed by atoms with van der Waals surface area (Å²) in [6.45, 7) is 5.67. The minimum atomic E-state index is -1.17. The van der Waals surface area contributed by atoms with E-state index in [-0.39, 0.29) is 59.8 Å². The lowest BCUT2D eigenvalue weighted by atomic mass is 9.47. The Hall–Kier alpha value is -1.82. The highest BCUT2D eigenvalue weighted by Gasteiger charge is 2.80. The number of rotatable bonds is 4. The Bertz CT molecular complexity index is 892. The number of alkyl halides is 1. The van der Waals surface area contributed by atoms with Crippen LogP contribution < -0.4 is 0 Å². The first-order valence-corrected chi connectivity index (χ1v) is 11.1. The number of ketones is 2. The van der Waals surface area contributed by atoms with Crippen LogP contribution in [0.5, 0.6) is 0 Å².